The minimum Gasteiger partial charge on any atom is -0.476 e. The molecule has 2 heterocycles. The van der Waals surface area contributed by atoms with Gasteiger partial charge in [0.25, 0.3) is 0 Å². The molecule has 0 aliphatic carbocycles. The summed E-state index contributed by atoms with van der Waals surface area (Å²) in [6.07, 6.45) is 0.0825. The molecule has 0 saturated carbocycles. The van der Waals surface area contributed by atoms with Crippen molar-refractivity contribution in [3.05, 3.63) is 57.4 Å². The van der Waals surface area contributed by atoms with Gasteiger partial charge in [-0.3, -0.25) is 0 Å². The molecular formula is C17H15N3O4S2. The zero-order valence-electron chi connectivity index (χ0n) is 13.5. The van der Waals surface area contributed by atoms with E-state index in [1.54, 1.807) is 0 Å². The standard InChI is InChI=1S/C17H15N3O4S2/c21-16(22)13-10-26-15(20-13)12-9-25-14(19-12)6-7-18-17(23)24-8-11-4-2-1-3-5-11/h1-5,9-10H,6-8H2,(H,18,23)(H,21,22). The minimum atomic E-state index is -1.05. The number of nitrogens with one attached hydrogen (secondary N) is 1. The molecular weight excluding hydrogens is 374 g/mol. The number of thiazole rings is 2. The second-order valence-electron chi connectivity index (χ2n) is 5.21. The molecule has 0 saturated heterocycles. The lowest BCUT2D eigenvalue weighted by Gasteiger charge is -2.06. The van der Waals surface area contributed by atoms with Crippen LogP contribution < -0.4 is 5.32 Å². The highest BCUT2D eigenvalue weighted by atomic mass is 32.1. The van der Waals surface area contributed by atoms with Gasteiger partial charge in [-0.25, -0.2) is 19.6 Å². The maximum atomic E-state index is 11.7. The summed E-state index contributed by atoms with van der Waals surface area (Å²) in [5.41, 5.74) is 1.59. The number of amides is 1. The Kier molecular flexibility index (Phi) is 5.92. The summed E-state index contributed by atoms with van der Waals surface area (Å²) in [5, 5.41) is 16.3. The first-order valence-electron chi connectivity index (χ1n) is 7.70. The van der Waals surface area contributed by atoms with Crippen molar-refractivity contribution in [2.24, 2.45) is 0 Å². The summed E-state index contributed by atoms with van der Waals surface area (Å²) in [7, 11) is 0. The lowest BCUT2D eigenvalue weighted by atomic mass is 10.2. The Labute approximate surface area is 157 Å². The topological polar surface area (TPSA) is 101 Å². The number of aromatic nitrogens is 2. The Morgan fingerprint density at radius 2 is 1.92 bits per heavy atom. The molecule has 3 aromatic rings. The van der Waals surface area contributed by atoms with Crippen molar-refractivity contribution in [2.75, 3.05) is 6.54 Å². The van der Waals surface area contributed by atoms with Crippen molar-refractivity contribution >= 4 is 34.7 Å². The SMILES string of the molecule is O=C(NCCc1nc(-c2nc(C(=O)O)cs2)cs1)OCc1ccccc1. The fourth-order valence-corrected chi connectivity index (χ4v) is 3.67. The van der Waals surface area contributed by atoms with E-state index in [1.165, 1.54) is 28.1 Å². The number of carbonyl (C=O) groups is 2. The Morgan fingerprint density at radius 3 is 2.65 bits per heavy atom. The van der Waals surface area contributed by atoms with Crippen LogP contribution in [0, 0.1) is 0 Å². The number of alkyl carbamates (subject to hydrolysis) is 1. The molecule has 0 aliphatic heterocycles. The maximum Gasteiger partial charge on any atom is 0.407 e. The van der Waals surface area contributed by atoms with Crippen LogP contribution in [0.5, 0.6) is 0 Å². The lowest BCUT2D eigenvalue weighted by Crippen LogP contribution is -2.26. The van der Waals surface area contributed by atoms with Crippen LogP contribution in [-0.2, 0) is 17.8 Å². The highest BCUT2D eigenvalue weighted by Gasteiger charge is 2.13. The summed E-state index contributed by atoms with van der Waals surface area (Å²) in [5.74, 6) is -1.05. The first-order valence-corrected chi connectivity index (χ1v) is 9.46. The van der Waals surface area contributed by atoms with E-state index >= 15 is 0 Å². The van der Waals surface area contributed by atoms with E-state index in [9.17, 15) is 9.59 Å². The number of carboxylic acids is 1. The average molecular weight is 389 g/mol. The van der Waals surface area contributed by atoms with Crippen LogP contribution in [0.4, 0.5) is 4.79 Å². The van der Waals surface area contributed by atoms with Crippen molar-refractivity contribution in [1.29, 1.82) is 0 Å². The Hall–Kier alpha value is -2.78. The molecule has 1 amide bonds. The van der Waals surface area contributed by atoms with Crippen LogP contribution in [0.3, 0.4) is 0 Å². The molecule has 9 heteroatoms. The first-order chi connectivity index (χ1) is 12.6. The van der Waals surface area contributed by atoms with Crippen LogP contribution in [0.25, 0.3) is 10.7 Å². The second kappa shape index (κ2) is 8.54. The molecule has 134 valence electrons. The van der Waals surface area contributed by atoms with E-state index in [0.717, 1.165) is 10.6 Å². The third-order valence-electron chi connectivity index (χ3n) is 3.32. The van der Waals surface area contributed by atoms with Gasteiger partial charge in [0.2, 0.25) is 0 Å². The molecule has 0 atom stereocenters. The van der Waals surface area contributed by atoms with E-state index < -0.39 is 12.1 Å². The number of aromatic carboxylic acids is 1. The predicted molar refractivity (Wildman–Crippen MR) is 98.5 cm³/mol. The zero-order chi connectivity index (χ0) is 18.4. The van der Waals surface area contributed by atoms with Gasteiger partial charge in [0, 0.05) is 23.7 Å². The smallest absolute Gasteiger partial charge is 0.407 e. The van der Waals surface area contributed by atoms with Crippen molar-refractivity contribution in [3.63, 3.8) is 0 Å². The molecule has 0 bridgehead atoms. The third kappa shape index (κ3) is 4.87. The van der Waals surface area contributed by atoms with E-state index in [2.05, 4.69) is 15.3 Å². The molecule has 7 nitrogen and oxygen atoms in total. The number of hydrogen-bond acceptors (Lipinski definition) is 7. The van der Waals surface area contributed by atoms with Gasteiger partial charge in [-0.1, -0.05) is 30.3 Å². The first kappa shape index (κ1) is 18.0. The number of nitrogens with zero attached hydrogens (tertiary/aromatic N) is 2. The highest BCUT2D eigenvalue weighted by Crippen LogP contribution is 2.25. The Bertz CT molecular complexity index is 892. The molecule has 1 aromatic carbocycles. The summed E-state index contributed by atoms with van der Waals surface area (Å²) in [6.45, 7) is 0.628. The number of benzene rings is 1. The van der Waals surface area contributed by atoms with Crippen molar-refractivity contribution < 1.29 is 19.4 Å². The number of carbonyl (C=O) groups excluding carboxylic acids is 1. The van der Waals surface area contributed by atoms with Crippen LogP contribution in [0.1, 0.15) is 21.1 Å². The summed E-state index contributed by atoms with van der Waals surface area (Å²) in [4.78, 5) is 31.0. The van der Waals surface area contributed by atoms with Gasteiger partial charge < -0.3 is 15.2 Å². The zero-order valence-corrected chi connectivity index (χ0v) is 15.2. The Balaban J connectivity index is 1.44. The molecule has 2 aromatic heterocycles. The van der Waals surface area contributed by atoms with Crippen LogP contribution >= 0.6 is 22.7 Å². The number of rotatable bonds is 7. The maximum absolute atomic E-state index is 11.7. The van der Waals surface area contributed by atoms with E-state index in [-0.39, 0.29) is 12.3 Å². The third-order valence-corrected chi connectivity index (χ3v) is 5.09. The van der Waals surface area contributed by atoms with Gasteiger partial charge in [-0.2, -0.15) is 0 Å². The van der Waals surface area contributed by atoms with Crippen molar-refractivity contribution in [2.45, 2.75) is 13.0 Å². The van der Waals surface area contributed by atoms with E-state index in [1.807, 2.05) is 35.7 Å². The summed E-state index contributed by atoms with van der Waals surface area (Å²) in [6, 6.07) is 9.45. The fraction of sp³-hybridized carbons (Fsp3) is 0.176. The quantitative estimate of drug-likeness (QED) is 0.642. The van der Waals surface area contributed by atoms with Gasteiger partial charge in [0.1, 0.15) is 17.3 Å². The molecule has 2 N–H and O–H groups in total. The van der Waals surface area contributed by atoms with Crippen molar-refractivity contribution in [1.82, 2.24) is 15.3 Å². The fourth-order valence-electron chi connectivity index (χ4n) is 2.06. The minimum absolute atomic E-state index is 0.0161. The predicted octanol–water partition coefficient (Wildman–Crippen LogP) is 3.43. The number of ether oxygens (including phenoxy) is 1. The summed E-state index contributed by atoms with van der Waals surface area (Å²) >= 11 is 2.68. The van der Waals surface area contributed by atoms with Gasteiger partial charge in [0.05, 0.1) is 5.01 Å². The van der Waals surface area contributed by atoms with Crippen LogP contribution in [0.2, 0.25) is 0 Å². The van der Waals surface area contributed by atoms with E-state index in [0.29, 0.717) is 23.7 Å². The lowest BCUT2D eigenvalue weighted by molar-refractivity contribution is 0.0691. The second-order valence-corrected chi connectivity index (χ2v) is 7.01. The average Bonchev–Trinajstić information content (AvgIpc) is 3.30. The molecule has 0 fully saturated rings. The number of hydrogen-bond donors (Lipinski definition) is 2. The normalized spacial score (nSPS) is 10.5. The Morgan fingerprint density at radius 1 is 1.12 bits per heavy atom. The van der Waals surface area contributed by atoms with Gasteiger partial charge in [-0.15, -0.1) is 22.7 Å². The van der Waals surface area contributed by atoms with E-state index in [4.69, 9.17) is 9.84 Å². The number of carboxylic acid groups (broad SMARTS) is 1. The van der Waals surface area contributed by atoms with Crippen LogP contribution in [-0.4, -0.2) is 33.7 Å². The molecule has 0 spiro atoms. The summed E-state index contributed by atoms with van der Waals surface area (Å²) < 4.78 is 5.13. The monoisotopic (exact) mass is 389 g/mol. The molecule has 26 heavy (non-hydrogen) atoms. The van der Waals surface area contributed by atoms with Crippen molar-refractivity contribution in [3.8, 4) is 10.7 Å². The van der Waals surface area contributed by atoms with Gasteiger partial charge in [0.15, 0.2) is 5.69 Å². The van der Waals surface area contributed by atoms with Gasteiger partial charge >= 0.3 is 12.1 Å². The largest absolute Gasteiger partial charge is 0.476 e. The molecule has 0 radical (unpaired) electrons. The van der Waals surface area contributed by atoms with Gasteiger partial charge in [-0.05, 0) is 5.56 Å². The van der Waals surface area contributed by atoms with Crippen LogP contribution in [0.15, 0.2) is 41.1 Å². The molecule has 0 unspecified atom stereocenters. The highest BCUT2D eigenvalue weighted by molar-refractivity contribution is 7.14. The molecule has 0 aliphatic rings. The molecule has 3 rings (SSSR count).